The Bertz CT molecular complexity index is 568. The van der Waals surface area contributed by atoms with Gasteiger partial charge in [-0.3, -0.25) is 0 Å². The van der Waals surface area contributed by atoms with Crippen LogP contribution in [0.5, 0.6) is 5.75 Å². The fraction of sp³-hybridized carbons (Fsp3) is 0.250. The van der Waals surface area contributed by atoms with Crippen molar-refractivity contribution >= 4 is 11.6 Å². The van der Waals surface area contributed by atoms with E-state index >= 15 is 0 Å². The minimum atomic E-state index is -0.389. The maximum atomic E-state index is 13.7. The Labute approximate surface area is 118 Å². The maximum absolute atomic E-state index is 13.7. The Morgan fingerprint density at radius 1 is 1.21 bits per heavy atom. The van der Waals surface area contributed by atoms with Crippen molar-refractivity contribution in [2.24, 2.45) is 0 Å². The van der Waals surface area contributed by atoms with Gasteiger partial charge in [0.15, 0.2) is 11.6 Å². The fourth-order valence-electron chi connectivity index (χ4n) is 2.12. The van der Waals surface area contributed by atoms with Crippen LogP contribution in [0.15, 0.2) is 42.5 Å². The van der Waals surface area contributed by atoms with E-state index in [0.29, 0.717) is 0 Å². The predicted molar refractivity (Wildman–Crippen MR) is 76.5 cm³/mol. The summed E-state index contributed by atoms with van der Waals surface area (Å²) in [7, 11) is 1.45. The largest absolute Gasteiger partial charge is 0.494 e. The van der Waals surface area contributed by atoms with Gasteiger partial charge in [0.2, 0.25) is 0 Å². The molecule has 0 N–H and O–H groups in total. The summed E-state index contributed by atoms with van der Waals surface area (Å²) in [6.45, 7) is 2.08. The Morgan fingerprint density at radius 2 is 1.95 bits per heavy atom. The molecule has 0 radical (unpaired) electrons. The second-order valence-corrected chi connectivity index (χ2v) is 4.75. The lowest BCUT2D eigenvalue weighted by molar-refractivity contribution is 0.386. The van der Waals surface area contributed by atoms with Crippen molar-refractivity contribution in [2.45, 2.75) is 18.7 Å². The highest BCUT2D eigenvalue weighted by Crippen LogP contribution is 2.33. The number of hydrogen-bond acceptors (Lipinski definition) is 1. The highest BCUT2D eigenvalue weighted by atomic mass is 35.5. The second-order valence-electron chi connectivity index (χ2n) is 4.31. The van der Waals surface area contributed by atoms with Crippen LogP contribution in [0.1, 0.15) is 29.0 Å². The third-order valence-electron chi connectivity index (χ3n) is 3.18. The maximum Gasteiger partial charge on any atom is 0.165 e. The van der Waals surface area contributed by atoms with Crippen LogP contribution in [-0.2, 0) is 6.42 Å². The molecule has 1 unspecified atom stereocenters. The lowest BCUT2D eigenvalue weighted by Gasteiger charge is -2.15. The smallest absolute Gasteiger partial charge is 0.165 e. The van der Waals surface area contributed by atoms with Crippen molar-refractivity contribution < 1.29 is 9.13 Å². The van der Waals surface area contributed by atoms with E-state index in [1.54, 1.807) is 12.1 Å². The Kier molecular flexibility index (Phi) is 4.43. The zero-order valence-electron chi connectivity index (χ0n) is 11.0. The van der Waals surface area contributed by atoms with Crippen molar-refractivity contribution in [1.29, 1.82) is 0 Å². The zero-order chi connectivity index (χ0) is 13.8. The number of alkyl halides is 1. The average molecular weight is 279 g/mol. The molecule has 3 heteroatoms. The number of aryl methyl sites for hydroxylation is 1. The van der Waals surface area contributed by atoms with Gasteiger partial charge in [-0.1, -0.05) is 37.3 Å². The minimum Gasteiger partial charge on any atom is -0.494 e. The van der Waals surface area contributed by atoms with Crippen LogP contribution in [0, 0.1) is 5.82 Å². The first-order chi connectivity index (χ1) is 9.17. The molecule has 2 aromatic rings. The summed E-state index contributed by atoms with van der Waals surface area (Å²) < 4.78 is 18.6. The first-order valence-corrected chi connectivity index (χ1v) is 6.66. The summed E-state index contributed by atoms with van der Waals surface area (Å²) >= 11 is 6.48. The van der Waals surface area contributed by atoms with Crippen molar-refractivity contribution in [3.63, 3.8) is 0 Å². The van der Waals surface area contributed by atoms with Gasteiger partial charge in [0.1, 0.15) is 0 Å². The third kappa shape index (κ3) is 2.90. The van der Waals surface area contributed by atoms with E-state index in [9.17, 15) is 4.39 Å². The zero-order valence-corrected chi connectivity index (χ0v) is 11.7. The molecular formula is C16H16ClFO. The molecular weight excluding hydrogens is 263 g/mol. The first-order valence-electron chi connectivity index (χ1n) is 6.22. The van der Waals surface area contributed by atoms with Crippen LogP contribution in [0.2, 0.25) is 0 Å². The van der Waals surface area contributed by atoms with Gasteiger partial charge in [-0.05, 0) is 35.2 Å². The van der Waals surface area contributed by atoms with E-state index in [1.165, 1.54) is 18.7 Å². The molecule has 1 nitrogen and oxygen atoms in total. The number of ether oxygens (including phenoxy) is 1. The van der Waals surface area contributed by atoms with Crippen LogP contribution in [0.3, 0.4) is 0 Å². The number of hydrogen-bond donors (Lipinski definition) is 0. The first kappa shape index (κ1) is 13.9. The van der Waals surface area contributed by atoms with Crippen LogP contribution in [-0.4, -0.2) is 7.11 Å². The fourth-order valence-corrected chi connectivity index (χ4v) is 2.47. The molecule has 19 heavy (non-hydrogen) atoms. The van der Waals surface area contributed by atoms with Crippen molar-refractivity contribution in [3.05, 3.63) is 65.0 Å². The average Bonchev–Trinajstić information content (AvgIpc) is 2.46. The number of methoxy groups -OCH3 is 1. The van der Waals surface area contributed by atoms with E-state index in [4.69, 9.17) is 16.3 Å². The summed E-state index contributed by atoms with van der Waals surface area (Å²) in [4.78, 5) is 0. The Hall–Kier alpha value is -1.54. The SMILES string of the molecule is CCc1ccccc1C(Cl)c1ccc(OC)c(F)c1. The van der Waals surface area contributed by atoms with Crippen molar-refractivity contribution in [2.75, 3.05) is 7.11 Å². The topological polar surface area (TPSA) is 9.23 Å². The molecule has 0 spiro atoms. The molecule has 0 aromatic heterocycles. The van der Waals surface area contributed by atoms with Gasteiger partial charge in [-0.15, -0.1) is 11.6 Å². The molecule has 0 fully saturated rings. The number of halogens is 2. The predicted octanol–water partition coefficient (Wildman–Crippen LogP) is 4.72. The molecule has 0 amide bonds. The Morgan fingerprint density at radius 3 is 2.58 bits per heavy atom. The molecule has 1 atom stereocenters. The Balaban J connectivity index is 2.38. The minimum absolute atomic E-state index is 0.233. The van der Waals surface area contributed by atoms with Crippen LogP contribution in [0.25, 0.3) is 0 Å². The highest BCUT2D eigenvalue weighted by molar-refractivity contribution is 6.22. The van der Waals surface area contributed by atoms with Crippen LogP contribution in [0.4, 0.5) is 4.39 Å². The van der Waals surface area contributed by atoms with Gasteiger partial charge in [-0.25, -0.2) is 4.39 Å². The molecule has 100 valence electrons. The summed E-state index contributed by atoms with van der Waals surface area (Å²) in [5, 5.41) is -0.350. The van der Waals surface area contributed by atoms with E-state index in [2.05, 4.69) is 6.92 Å². The normalized spacial score (nSPS) is 12.2. The second kappa shape index (κ2) is 6.07. The summed E-state index contributed by atoms with van der Waals surface area (Å²) in [5.74, 6) is -0.156. The number of rotatable bonds is 4. The van der Waals surface area contributed by atoms with E-state index in [-0.39, 0.29) is 16.9 Å². The van der Waals surface area contributed by atoms with Gasteiger partial charge in [-0.2, -0.15) is 0 Å². The quantitative estimate of drug-likeness (QED) is 0.735. The molecule has 0 heterocycles. The van der Waals surface area contributed by atoms with Crippen molar-refractivity contribution in [1.82, 2.24) is 0 Å². The molecule has 0 aliphatic rings. The molecule has 0 aliphatic heterocycles. The van der Waals surface area contributed by atoms with E-state index in [1.807, 2.05) is 24.3 Å². The monoisotopic (exact) mass is 278 g/mol. The van der Waals surface area contributed by atoms with Gasteiger partial charge in [0.25, 0.3) is 0 Å². The summed E-state index contributed by atoms with van der Waals surface area (Å²) in [6.07, 6.45) is 0.901. The summed E-state index contributed by atoms with van der Waals surface area (Å²) in [6, 6.07) is 12.8. The van der Waals surface area contributed by atoms with Gasteiger partial charge in [0, 0.05) is 0 Å². The molecule has 0 saturated carbocycles. The number of benzene rings is 2. The van der Waals surface area contributed by atoms with Crippen molar-refractivity contribution in [3.8, 4) is 5.75 Å². The van der Waals surface area contributed by atoms with Gasteiger partial charge < -0.3 is 4.74 Å². The molecule has 0 saturated heterocycles. The van der Waals surface area contributed by atoms with Gasteiger partial charge >= 0.3 is 0 Å². The third-order valence-corrected chi connectivity index (χ3v) is 3.66. The molecule has 0 aliphatic carbocycles. The lowest BCUT2D eigenvalue weighted by Crippen LogP contribution is -1.99. The highest BCUT2D eigenvalue weighted by Gasteiger charge is 2.15. The van der Waals surface area contributed by atoms with E-state index in [0.717, 1.165) is 17.5 Å². The summed E-state index contributed by atoms with van der Waals surface area (Å²) in [5.41, 5.74) is 2.94. The molecule has 2 aromatic carbocycles. The standard InChI is InChI=1S/C16H16ClFO/c1-3-11-6-4-5-7-13(11)16(17)12-8-9-15(19-2)14(18)10-12/h4-10,16H,3H2,1-2H3. The lowest BCUT2D eigenvalue weighted by atomic mass is 9.98. The van der Waals surface area contributed by atoms with E-state index < -0.39 is 0 Å². The molecule has 2 rings (SSSR count). The van der Waals surface area contributed by atoms with Crippen LogP contribution < -0.4 is 4.74 Å². The van der Waals surface area contributed by atoms with Crippen LogP contribution >= 0.6 is 11.6 Å². The van der Waals surface area contributed by atoms with Gasteiger partial charge in [0.05, 0.1) is 12.5 Å². The molecule has 0 bridgehead atoms.